The van der Waals surface area contributed by atoms with Gasteiger partial charge in [0, 0.05) is 19.3 Å². The Morgan fingerprint density at radius 2 is 0.530 bits per heavy atom. The molecule has 0 aromatic rings. The predicted octanol–water partition coefficient (Wildman–Crippen LogP) is 19.8. The van der Waals surface area contributed by atoms with E-state index in [2.05, 4.69) is 27.7 Å². The van der Waals surface area contributed by atoms with Crippen LogP contribution in [-0.4, -0.2) is 37.2 Å². The maximum absolute atomic E-state index is 12.9. The van der Waals surface area contributed by atoms with Crippen molar-refractivity contribution in [3.8, 4) is 0 Å². The molecule has 6 nitrogen and oxygen atoms in total. The van der Waals surface area contributed by atoms with Gasteiger partial charge in [0.15, 0.2) is 6.10 Å². The highest BCUT2D eigenvalue weighted by Crippen LogP contribution is 2.19. The molecule has 6 heteroatoms. The minimum Gasteiger partial charge on any atom is -0.462 e. The molecule has 0 aliphatic carbocycles. The Labute approximate surface area is 412 Å². The van der Waals surface area contributed by atoms with Crippen molar-refractivity contribution in [3.05, 3.63) is 0 Å². The van der Waals surface area contributed by atoms with Crippen LogP contribution < -0.4 is 0 Å². The fraction of sp³-hybridized carbons (Fsp3) is 0.950. The van der Waals surface area contributed by atoms with E-state index in [0.717, 1.165) is 63.7 Å². The molecule has 0 fully saturated rings. The summed E-state index contributed by atoms with van der Waals surface area (Å²) in [6, 6.07) is 0. The fourth-order valence-electron chi connectivity index (χ4n) is 9.25. The van der Waals surface area contributed by atoms with Crippen LogP contribution in [0.15, 0.2) is 0 Å². The number of hydrogen-bond acceptors (Lipinski definition) is 6. The van der Waals surface area contributed by atoms with E-state index in [1.165, 1.54) is 238 Å². The number of ether oxygens (including phenoxy) is 3. The van der Waals surface area contributed by atoms with Gasteiger partial charge in [-0.2, -0.15) is 0 Å². The van der Waals surface area contributed by atoms with E-state index in [0.29, 0.717) is 19.3 Å². The lowest BCUT2D eigenvalue weighted by molar-refractivity contribution is -0.167. The Morgan fingerprint density at radius 3 is 0.788 bits per heavy atom. The molecule has 0 aliphatic rings. The Morgan fingerprint density at radius 1 is 0.303 bits per heavy atom. The lowest BCUT2D eigenvalue weighted by atomic mass is 9.99. The number of unbranched alkanes of at least 4 members (excludes halogenated alkanes) is 41. The van der Waals surface area contributed by atoms with Gasteiger partial charge in [-0.1, -0.05) is 304 Å². The number of carbonyl (C=O) groups is 3. The topological polar surface area (TPSA) is 78.9 Å². The van der Waals surface area contributed by atoms with Crippen LogP contribution >= 0.6 is 0 Å². The number of rotatable bonds is 55. The van der Waals surface area contributed by atoms with Crippen molar-refractivity contribution in [2.75, 3.05) is 13.2 Å². The maximum atomic E-state index is 12.9. The summed E-state index contributed by atoms with van der Waals surface area (Å²) in [4.78, 5) is 38.2. The predicted molar refractivity (Wildman–Crippen MR) is 284 cm³/mol. The highest BCUT2D eigenvalue weighted by atomic mass is 16.6. The fourth-order valence-corrected chi connectivity index (χ4v) is 9.25. The molecule has 0 amide bonds. The average Bonchev–Trinajstić information content (AvgIpc) is 3.32. The Balaban J connectivity index is 4.29. The van der Waals surface area contributed by atoms with E-state index < -0.39 is 6.10 Å². The van der Waals surface area contributed by atoms with E-state index >= 15 is 0 Å². The van der Waals surface area contributed by atoms with Gasteiger partial charge in [-0.25, -0.2) is 0 Å². The summed E-state index contributed by atoms with van der Waals surface area (Å²) in [6.45, 7) is 9.09. The van der Waals surface area contributed by atoms with Crippen LogP contribution in [0.25, 0.3) is 0 Å². The van der Waals surface area contributed by atoms with Crippen LogP contribution in [0.2, 0.25) is 0 Å². The van der Waals surface area contributed by atoms with Crippen LogP contribution in [0.4, 0.5) is 0 Å². The van der Waals surface area contributed by atoms with E-state index in [1.807, 2.05) is 0 Å². The SMILES string of the molecule is CCCCCCCCCCCCCCCCCCCCC(=O)OC[C@@H](COC(=O)CCCCCCCCCCCCC(C)CC)OC(=O)CCCCCCCCCCCCCCCCCC. The standard InChI is InChI=1S/C60H116O6/c1-5-8-10-12-14-16-18-20-22-24-25-27-28-30-35-39-43-47-51-58(61)64-54-57(55-65-59(62)52-48-44-40-36-33-32-34-38-42-46-50-56(4)7-3)66-60(63)53-49-45-41-37-31-29-26-23-21-19-17-15-13-11-9-6-2/h56-57H,5-55H2,1-4H3/t56?,57-/m0/s1. The second kappa shape index (κ2) is 54.4. The zero-order valence-electron chi connectivity index (χ0n) is 45.2. The minimum absolute atomic E-state index is 0.0618. The van der Waals surface area contributed by atoms with Gasteiger partial charge in [-0.05, 0) is 25.2 Å². The van der Waals surface area contributed by atoms with E-state index in [1.54, 1.807) is 0 Å². The summed E-state index contributed by atoms with van der Waals surface area (Å²) in [5, 5.41) is 0. The number of carbonyl (C=O) groups excluding carboxylic acids is 3. The average molecular weight is 934 g/mol. The van der Waals surface area contributed by atoms with Crippen LogP contribution in [0.5, 0.6) is 0 Å². The van der Waals surface area contributed by atoms with Gasteiger partial charge in [0.1, 0.15) is 13.2 Å². The van der Waals surface area contributed by atoms with Crippen LogP contribution in [0.3, 0.4) is 0 Å². The number of esters is 3. The zero-order chi connectivity index (χ0) is 48.1. The summed E-state index contributed by atoms with van der Waals surface area (Å²) >= 11 is 0. The lowest BCUT2D eigenvalue weighted by Crippen LogP contribution is -2.30. The monoisotopic (exact) mass is 933 g/mol. The highest BCUT2D eigenvalue weighted by molar-refractivity contribution is 5.71. The van der Waals surface area contributed by atoms with Crippen molar-refractivity contribution in [2.45, 2.75) is 348 Å². The Hall–Kier alpha value is -1.59. The van der Waals surface area contributed by atoms with Gasteiger partial charge in [0.05, 0.1) is 0 Å². The first-order valence-electron chi connectivity index (χ1n) is 29.9. The maximum Gasteiger partial charge on any atom is 0.306 e. The van der Waals surface area contributed by atoms with Gasteiger partial charge < -0.3 is 14.2 Å². The molecular formula is C60H116O6. The third kappa shape index (κ3) is 51.8. The Kier molecular flexibility index (Phi) is 53.0. The highest BCUT2D eigenvalue weighted by Gasteiger charge is 2.19. The van der Waals surface area contributed by atoms with Crippen molar-refractivity contribution in [2.24, 2.45) is 5.92 Å². The molecule has 0 spiro atoms. The second-order valence-electron chi connectivity index (χ2n) is 20.9. The molecule has 0 saturated heterocycles. The summed E-state index contributed by atoms with van der Waals surface area (Å²) < 4.78 is 16.9. The molecule has 392 valence electrons. The van der Waals surface area contributed by atoms with Gasteiger partial charge in [0.25, 0.3) is 0 Å². The Bertz CT molecular complexity index is 998. The molecule has 0 aliphatic heterocycles. The molecule has 0 aromatic heterocycles. The summed E-state index contributed by atoms with van der Waals surface area (Å²) in [5.41, 5.74) is 0. The largest absolute Gasteiger partial charge is 0.462 e. The molecule has 0 radical (unpaired) electrons. The van der Waals surface area contributed by atoms with Gasteiger partial charge in [-0.15, -0.1) is 0 Å². The third-order valence-corrected chi connectivity index (χ3v) is 14.2. The summed E-state index contributed by atoms with van der Waals surface area (Å²) in [5.74, 6) is 0.0361. The molecule has 0 rings (SSSR count). The molecule has 0 bridgehead atoms. The first-order chi connectivity index (χ1) is 32.4. The molecule has 2 atom stereocenters. The molecular weight excluding hydrogens is 817 g/mol. The molecule has 1 unspecified atom stereocenters. The normalized spacial score (nSPS) is 12.4. The van der Waals surface area contributed by atoms with Gasteiger partial charge in [-0.3, -0.25) is 14.4 Å². The molecule has 0 aromatic carbocycles. The molecule has 66 heavy (non-hydrogen) atoms. The number of hydrogen-bond donors (Lipinski definition) is 0. The minimum atomic E-state index is -0.762. The van der Waals surface area contributed by atoms with Crippen molar-refractivity contribution in [1.29, 1.82) is 0 Å². The molecule has 0 heterocycles. The first-order valence-corrected chi connectivity index (χ1v) is 29.9. The van der Waals surface area contributed by atoms with E-state index in [9.17, 15) is 14.4 Å². The smallest absolute Gasteiger partial charge is 0.306 e. The van der Waals surface area contributed by atoms with Crippen molar-refractivity contribution in [3.63, 3.8) is 0 Å². The first kappa shape index (κ1) is 64.4. The van der Waals surface area contributed by atoms with Crippen molar-refractivity contribution < 1.29 is 28.6 Å². The third-order valence-electron chi connectivity index (χ3n) is 14.2. The van der Waals surface area contributed by atoms with E-state index in [4.69, 9.17) is 14.2 Å². The molecule has 0 saturated carbocycles. The van der Waals surface area contributed by atoms with Crippen LogP contribution in [-0.2, 0) is 28.6 Å². The van der Waals surface area contributed by atoms with Crippen LogP contribution in [0.1, 0.15) is 342 Å². The van der Waals surface area contributed by atoms with E-state index in [-0.39, 0.29) is 31.1 Å². The van der Waals surface area contributed by atoms with Crippen molar-refractivity contribution >= 4 is 17.9 Å². The van der Waals surface area contributed by atoms with Crippen LogP contribution in [0, 0.1) is 5.92 Å². The summed E-state index contributed by atoms with van der Waals surface area (Å²) in [7, 11) is 0. The zero-order valence-corrected chi connectivity index (χ0v) is 45.2. The second-order valence-corrected chi connectivity index (χ2v) is 20.9. The van der Waals surface area contributed by atoms with Crippen molar-refractivity contribution in [1.82, 2.24) is 0 Å². The lowest BCUT2D eigenvalue weighted by Gasteiger charge is -2.18. The van der Waals surface area contributed by atoms with Gasteiger partial charge >= 0.3 is 17.9 Å². The molecule has 0 N–H and O–H groups in total. The quantitative estimate of drug-likeness (QED) is 0.0343. The summed E-state index contributed by atoms with van der Waals surface area (Å²) in [6.07, 6.45) is 59.4. The van der Waals surface area contributed by atoms with Gasteiger partial charge in [0.2, 0.25) is 0 Å².